The number of ether oxygens (including phenoxy) is 1. The SMILES string of the molecule is COC(=O)CCNC(=O)C1CC2(C1)CN(CCCc1ccc3c(n1)NCCC3)C2. The highest BCUT2D eigenvalue weighted by Crippen LogP contribution is 2.51. The van der Waals surface area contributed by atoms with E-state index < -0.39 is 0 Å². The summed E-state index contributed by atoms with van der Waals surface area (Å²) in [6.07, 6.45) is 6.67. The number of likely N-dealkylation sites (tertiary alicyclic amines) is 1. The van der Waals surface area contributed by atoms with E-state index in [0.717, 1.165) is 64.1 Å². The van der Waals surface area contributed by atoms with Crippen molar-refractivity contribution in [3.05, 3.63) is 23.4 Å². The average molecular weight is 401 g/mol. The van der Waals surface area contributed by atoms with Crippen LogP contribution in [0.15, 0.2) is 12.1 Å². The first-order valence-electron chi connectivity index (χ1n) is 10.9. The van der Waals surface area contributed by atoms with Gasteiger partial charge in [0.2, 0.25) is 5.91 Å². The van der Waals surface area contributed by atoms with Crippen LogP contribution in [0.2, 0.25) is 0 Å². The standard InChI is InChI=1S/C22H32N4O3/c1-29-19(27)8-10-24-21(28)17-12-22(13-17)14-26(15-22)11-3-5-18-7-6-16-4-2-9-23-20(16)25-18/h6-7,17H,2-5,8-15H2,1H3,(H,23,25)(H,24,28). The molecular formula is C22H32N4O3. The number of anilines is 1. The summed E-state index contributed by atoms with van der Waals surface area (Å²) < 4.78 is 4.59. The number of hydrogen-bond donors (Lipinski definition) is 2. The van der Waals surface area contributed by atoms with Gasteiger partial charge in [0.1, 0.15) is 5.82 Å². The molecule has 0 bridgehead atoms. The molecule has 2 N–H and O–H groups in total. The summed E-state index contributed by atoms with van der Waals surface area (Å²) in [5.41, 5.74) is 2.89. The monoisotopic (exact) mass is 400 g/mol. The van der Waals surface area contributed by atoms with Gasteiger partial charge in [-0.05, 0) is 62.1 Å². The number of carbonyl (C=O) groups is 2. The lowest BCUT2D eigenvalue weighted by Gasteiger charge is -2.59. The van der Waals surface area contributed by atoms with Crippen molar-refractivity contribution in [1.29, 1.82) is 0 Å². The van der Waals surface area contributed by atoms with E-state index in [1.165, 1.54) is 24.8 Å². The van der Waals surface area contributed by atoms with Crippen molar-refractivity contribution in [2.75, 3.05) is 45.2 Å². The molecule has 2 fully saturated rings. The van der Waals surface area contributed by atoms with Crippen LogP contribution < -0.4 is 10.6 Å². The lowest BCUT2D eigenvalue weighted by atomic mass is 9.57. The van der Waals surface area contributed by atoms with Crippen LogP contribution in [0.4, 0.5) is 5.82 Å². The zero-order chi connectivity index (χ0) is 20.3. The summed E-state index contributed by atoms with van der Waals surface area (Å²) >= 11 is 0. The molecule has 1 spiro atoms. The maximum absolute atomic E-state index is 12.1. The summed E-state index contributed by atoms with van der Waals surface area (Å²) in [6, 6.07) is 4.41. The molecule has 0 radical (unpaired) electrons. The fourth-order valence-electron chi connectivity index (χ4n) is 5.02. The predicted molar refractivity (Wildman–Crippen MR) is 111 cm³/mol. The minimum atomic E-state index is -0.285. The molecule has 0 aromatic carbocycles. The molecule has 0 unspecified atom stereocenters. The van der Waals surface area contributed by atoms with Crippen LogP contribution in [0.25, 0.3) is 0 Å². The van der Waals surface area contributed by atoms with Gasteiger partial charge in [-0.15, -0.1) is 0 Å². The van der Waals surface area contributed by atoms with Gasteiger partial charge in [-0.1, -0.05) is 6.07 Å². The highest BCUT2D eigenvalue weighted by Gasteiger charge is 2.53. The molecule has 7 nitrogen and oxygen atoms in total. The minimum absolute atomic E-state index is 0.0880. The number of nitrogens with one attached hydrogen (secondary N) is 2. The molecule has 29 heavy (non-hydrogen) atoms. The number of esters is 1. The Balaban J connectivity index is 1.10. The molecule has 2 aliphatic heterocycles. The van der Waals surface area contributed by atoms with Crippen molar-refractivity contribution >= 4 is 17.7 Å². The summed E-state index contributed by atoms with van der Waals surface area (Å²) in [5, 5.41) is 6.26. The van der Waals surface area contributed by atoms with Crippen molar-refractivity contribution < 1.29 is 14.3 Å². The number of pyridine rings is 1. The first-order chi connectivity index (χ1) is 14.1. The van der Waals surface area contributed by atoms with Crippen molar-refractivity contribution in [1.82, 2.24) is 15.2 Å². The number of fused-ring (bicyclic) bond motifs is 1. The number of rotatable bonds is 8. The second kappa shape index (κ2) is 8.69. The Bertz CT molecular complexity index is 752. The third kappa shape index (κ3) is 4.71. The zero-order valence-electron chi connectivity index (χ0n) is 17.3. The van der Waals surface area contributed by atoms with E-state index in [1.807, 2.05) is 0 Å². The molecule has 4 rings (SSSR count). The highest BCUT2D eigenvalue weighted by molar-refractivity contribution is 5.80. The molecule has 7 heteroatoms. The van der Waals surface area contributed by atoms with Gasteiger partial charge in [0.15, 0.2) is 0 Å². The van der Waals surface area contributed by atoms with Crippen LogP contribution in [-0.4, -0.2) is 61.6 Å². The molecule has 1 aromatic heterocycles. The van der Waals surface area contributed by atoms with Gasteiger partial charge in [0, 0.05) is 37.8 Å². The maximum Gasteiger partial charge on any atom is 0.307 e. The fourth-order valence-corrected chi connectivity index (χ4v) is 5.02. The number of aromatic nitrogens is 1. The molecule has 1 aliphatic carbocycles. The summed E-state index contributed by atoms with van der Waals surface area (Å²) in [6.45, 7) is 4.72. The number of carbonyl (C=O) groups excluding carboxylic acids is 2. The van der Waals surface area contributed by atoms with E-state index in [-0.39, 0.29) is 24.2 Å². The molecule has 1 saturated carbocycles. The van der Waals surface area contributed by atoms with Crippen molar-refractivity contribution in [2.24, 2.45) is 11.3 Å². The van der Waals surface area contributed by atoms with Crippen LogP contribution in [0.5, 0.6) is 0 Å². The highest BCUT2D eigenvalue weighted by atomic mass is 16.5. The summed E-state index contributed by atoms with van der Waals surface area (Å²) in [7, 11) is 1.36. The Morgan fingerprint density at radius 3 is 2.97 bits per heavy atom. The molecule has 3 aliphatic rings. The number of methoxy groups -OCH3 is 1. The topological polar surface area (TPSA) is 83.6 Å². The van der Waals surface area contributed by atoms with E-state index in [1.54, 1.807) is 0 Å². The van der Waals surface area contributed by atoms with Crippen LogP contribution in [0.3, 0.4) is 0 Å². The maximum atomic E-state index is 12.1. The smallest absolute Gasteiger partial charge is 0.307 e. The predicted octanol–water partition coefficient (Wildman–Crippen LogP) is 1.76. The average Bonchev–Trinajstić information content (AvgIpc) is 2.67. The quantitative estimate of drug-likeness (QED) is 0.647. The third-order valence-corrected chi connectivity index (χ3v) is 6.56. The van der Waals surface area contributed by atoms with E-state index in [0.29, 0.717) is 12.0 Å². The number of nitrogens with zero attached hydrogens (tertiary/aromatic N) is 2. The second-order valence-electron chi connectivity index (χ2n) is 8.88. The Morgan fingerprint density at radius 2 is 2.17 bits per heavy atom. The van der Waals surface area contributed by atoms with Gasteiger partial charge in [-0.2, -0.15) is 0 Å². The Kier molecular flexibility index (Phi) is 6.04. The van der Waals surface area contributed by atoms with E-state index in [4.69, 9.17) is 4.98 Å². The summed E-state index contributed by atoms with van der Waals surface area (Å²) in [4.78, 5) is 30.5. The van der Waals surface area contributed by atoms with Crippen molar-refractivity contribution in [3.63, 3.8) is 0 Å². The largest absolute Gasteiger partial charge is 0.469 e. The Morgan fingerprint density at radius 1 is 1.34 bits per heavy atom. The Labute approximate surface area is 172 Å². The van der Waals surface area contributed by atoms with Gasteiger partial charge < -0.3 is 20.3 Å². The fraction of sp³-hybridized carbons (Fsp3) is 0.682. The van der Waals surface area contributed by atoms with E-state index in [2.05, 4.69) is 32.4 Å². The van der Waals surface area contributed by atoms with E-state index >= 15 is 0 Å². The number of amides is 1. The number of aryl methyl sites for hydroxylation is 2. The first kappa shape index (κ1) is 20.1. The Hall–Kier alpha value is -2.15. The van der Waals surface area contributed by atoms with Crippen LogP contribution >= 0.6 is 0 Å². The minimum Gasteiger partial charge on any atom is -0.469 e. The molecule has 3 heterocycles. The van der Waals surface area contributed by atoms with Crippen LogP contribution in [0, 0.1) is 11.3 Å². The van der Waals surface area contributed by atoms with Crippen LogP contribution in [-0.2, 0) is 27.2 Å². The van der Waals surface area contributed by atoms with Gasteiger partial charge in [0.25, 0.3) is 0 Å². The van der Waals surface area contributed by atoms with E-state index in [9.17, 15) is 9.59 Å². The third-order valence-electron chi connectivity index (χ3n) is 6.56. The molecule has 158 valence electrons. The first-order valence-corrected chi connectivity index (χ1v) is 10.9. The lowest BCUT2D eigenvalue weighted by Crippen LogP contribution is -2.64. The van der Waals surface area contributed by atoms with Gasteiger partial charge >= 0.3 is 5.97 Å². The second-order valence-corrected chi connectivity index (χ2v) is 8.88. The molecular weight excluding hydrogens is 368 g/mol. The van der Waals surface area contributed by atoms with Crippen molar-refractivity contribution in [2.45, 2.75) is 44.9 Å². The van der Waals surface area contributed by atoms with Gasteiger partial charge in [0.05, 0.1) is 13.5 Å². The molecule has 1 saturated heterocycles. The van der Waals surface area contributed by atoms with Crippen LogP contribution in [0.1, 0.15) is 43.4 Å². The lowest BCUT2D eigenvalue weighted by molar-refractivity contribution is -0.145. The molecule has 1 aromatic rings. The molecule has 1 amide bonds. The van der Waals surface area contributed by atoms with Crippen molar-refractivity contribution in [3.8, 4) is 0 Å². The summed E-state index contributed by atoms with van der Waals surface area (Å²) in [5.74, 6) is 1.00. The van der Waals surface area contributed by atoms with Gasteiger partial charge in [-0.3, -0.25) is 9.59 Å². The zero-order valence-corrected chi connectivity index (χ0v) is 17.3. The normalized spacial score (nSPS) is 20.2. The molecule has 0 atom stereocenters. The van der Waals surface area contributed by atoms with Gasteiger partial charge in [-0.25, -0.2) is 4.98 Å². The number of hydrogen-bond acceptors (Lipinski definition) is 6.